The lowest BCUT2D eigenvalue weighted by atomic mass is 9.97. The molecule has 2 fully saturated rings. The Kier molecular flexibility index (Phi) is 2.37. The van der Waals surface area contributed by atoms with Gasteiger partial charge < -0.3 is 4.74 Å². The van der Waals surface area contributed by atoms with Gasteiger partial charge >= 0.3 is 0 Å². The Morgan fingerprint density at radius 2 is 1.83 bits per heavy atom. The summed E-state index contributed by atoms with van der Waals surface area (Å²) in [5, 5.41) is 0. The Hall–Kier alpha value is -0.0800. The molecule has 2 aliphatic heterocycles. The minimum atomic E-state index is 0.563. The maximum atomic E-state index is 5.27. The van der Waals surface area contributed by atoms with Crippen LogP contribution in [0.15, 0.2) is 0 Å². The van der Waals surface area contributed by atoms with Crippen molar-refractivity contribution in [2.45, 2.75) is 51.3 Å². The van der Waals surface area contributed by atoms with Crippen LogP contribution in [0.3, 0.4) is 0 Å². The molecule has 0 aromatic heterocycles. The van der Waals surface area contributed by atoms with E-state index in [1.807, 2.05) is 0 Å². The zero-order valence-corrected chi connectivity index (χ0v) is 8.12. The van der Waals surface area contributed by atoms with E-state index in [0.717, 1.165) is 18.7 Å². The Morgan fingerprint density at radius 3 is 2.33 bits per heavy atom. The molecule has 0 aromatic rings. The van der Waals surface area contributed by atoms with Gasteiger partial charge in [-0.25, -0.2) is 0 Å². The maximum absolute atomic E-state index is 5.27. The standard InChI is InChI=1S/C10H19NO/c1-8-4-3-5-9(2)11(8)6-10-7-12-10/h8-10H,3-7H2,1-2H3/t8-,9-,10-/m1/s1. The van der Waals surface area contributed by atoms with Crippen LogP contribution >= 0.6 is 0 Å². The third-order valence-corrected chi connectivity index (χ3v) is 3.19. The third kappa shape index (κ3) is 1.80. The summed E-state index contributed by atoms with van der Waals surface area (Å²) in [5.74, 6) is 0. The van der Waals surface area contributed by atoms with Crippen molar-refractivity contribution in [3.63, 3.8) is 0 Å². The predicted octanol–water partition coefficient (Wildman–Crippen LogP) is 1.65. The molecule has 0 N–H and O–H groups in total. The van der Waals surface area contributed by atoms with Gasteiger partial charge in [-0.15, -0.1) is 0 Å². The number of hydrogen-bond acceptors (Lipinski definition) is 2. The molecule has 2 saturated heterocycles. The van der Waals surface area contributed by atoms with E-state index in [4.69, 9.17) is 4.74 Å². The van der Waals surface area contributed by atoms with Crippen LogP contribution in [-0.2, 0) is 4.74 Å². The molecule has 2 aliphatic rings. The van der Waals surface area contributed by atoms with Crippen LogP contribution in [0.1, 0.15) is 33.1 Å². The summed E-state index contributed by atoms with van der Waals surface area (Å²) < 4.78 is 5.27. The normalized spacial score (nSPS) is 43.0. The molecule has 2 heterocycles. The van der Waals surface area contributed by atoms with Gasteiger partial charge in [-0.3, -0.25) is 4.90 Å². The van der Waals surface area contributed by atoms with Crippen LogP contribution in [0, 0.1) is 0 Å². The molecule has 2 rings (SSSR count). The summed E-state index contributed by atoms with van der Waals surface area (Å²) in [5.41, 5.74) is 0. The Morgan fingerprint density at radius 1 is 1.25 bits per heavy atom. The number of likely N-dealkylation sites (tertiary alicyclic amines) is 1. The van der Waals surface area contributed by atoms with E-state index in [9.17, 15) is 0 Å². The van der Waals surface area contributed by atoms with Gasteiger partial charge in [0.2, 0.25) is 0 Å². The van der Waals surface area contributed by atoms with Gasteiger partial charge in [0.1, 0.15) is 0 Å². The molecule has 0 aromatic carbocycles. The van der Waals surface area contributed by atoms with Crippen molar-refractivity contribution in [3.05, 3.63) is 0 Å². The number of hydrogen-bond donors (Lipinski definition) is 0. The van der Waals surface area contributed by atoms with Crippen molar-refractivity contribution >= 4 is 0 Å². The van der Waals surface area contributed by atoms with Crippen molar-refractivity contribution in [3.8, 4) is 0 Å². The summed E-state index contributed by atoms with van der Waals surface area (Å²) in [7, 11) is 0. The van der Waals surface area contributed by atoms with E-state index < -0.39 is 0 Å². The van der Waals surface area contributed by atoms with Crippen molar-refractivity contribution in [2.24, 2.45) is 0 Å². The topological polar surface area (TPSA) is 15.8 Å². The highest BCUT2D eigenvalue weighted by atomic mass is 16.6. The average molecular weight is 169 g/mol. The highest BCUT2D eigenvalue weighted by Gasteiger charge is 2.31. The van der Waals surface area contributed by atoms with Crippen LogP contribution in [0.5, 0.6) is 0 Å². The molecule has 0 radical (unpaired) electrons. The highest BCUT2D eigenvalue weighted by molar-refractivity contribution is 4.84. The molecular weight excluding hydrogens is 150 g/mol. The molecular formula is C10H19NO. The quantitative estimate of drug-likeness (QED) is 0.584. The average Bonchev–Trinajstić information content (AvgIpc) is 2.80. The number of rotatable bonds is 2. The lowest BCUT2D eigenvalue weighted by Gasteiger charge is -2.38. The third-order valence-electron chi connectivity index (χ3n) is 3.19. The van der Waals surface area contributed by atoms with Gasteiger partial charge in [0.15, 0.2) is 0 Å². The summed E-state index contributed by atoms with van der Waals surface area (Å²) >= 11 is 0. The molecule has 0 bridgehead atoms. The minimum absolute atomic E-state index is 0.563. The van der Waals surface area contributed by atoms with Crippen molar-refractivity contribution in [1.29, 1.82) is 0 Å². The molecule has 0 saturated carbocycles. The molecule has 70 valence electrons. The first-order chi connectivity index (χ1) is 5.77. The van der Waals surface area contributed by atoms with E-state index >= 15 is 0 Å². The molecule has 12 heavy (non-hydrogen) atoms. The lowest BCUT2D eigenvalue weighted by Crippen LogP contribution is -2.45. The van der Waals surface area contributed by atoms with Gasteiger partial charge in [0.25, 0.3) is 0 Å². The van der Waals surface area contributed by atoms with Gasteiger partial charge in [-0.2, -0.15) is 0 Å². The zero-order chi connectivity index (χ0) is 8.55. The maximum Gasteiger partial charge on any atom is 0.0936 e. The first kappa shape index (κ1) is 8.52. The van der Waals surface area contributed by atoms with Crippen molar-refractivity contribution < 1.29 is 4.74 Å². The Bertz CT molecular complexity index is 146. The largest absolute Gasteiger partial charge is 0.372 e. The summed E-state index contributed by atoms with van der Waals surface area (Å²) in [6, 6.07) is 1.55. The predicted molar refractivity (Wildman–Crippen MR) is 49.2 cm³/mol. The second-order valence-electron chi connectivity index (χ2n) is 4.28. The number of epoxide rings is 1. The zero-order valence-electron chi connectivity index (χ0n) is 8.12. The molecule has 0 amide bonds. The molecule has 2 nitrogen and oxygen atoms in total. The van der Waals surface area contributed by atoms with E-state index in [1.165, 1.54) is 25.8 Å². The van der Waals surface area contributed by atoms with Gasteiger partial charge in [0.05, 0.1) is 12.7 Å². The molecule has 0 unspecified atom stereocenters. The molecule has 2 heteroatoms. The number of nitrogens with zero attached hydrogens (tertiary/aromatic N) is 1. The fourth-order valence-corrected chi connectivity index (χ4v) is 2.24. The van der Waals surface area contributed by atoms with E-state index in [-0.39, 0.29) is 0 Å². The van der Waals surface area contributed by atoms with Gasteiger partial charge in [-0.05, 0) is 26.7 Å². The molecule has 0 spiro atoms. The second-order valence-corrected chi connectivity index (χ2v) is 4.28. The summed E-state index contributed by atoms with van der Waals surface area (Å²) in [6.07, 6.45) is 4.71. The molecule has 3 atom stereocenters. The van der Waals surface area contributed by atoms with Crippen molar-refractivity contribution in [1.82, 2.24) is 4.90 Å². The summed E-state index contributed by atoms with van der Waals surface area (Å²) in [6.45, 7) is 6.86. The van der Waals surface area contributed by atoms with Crippen LogP contribution in [0.2, 0.25) is 0 Å². The van der Waals surface area contributed by atoms with Crippen molar-refractivity contribution in [2.75, 3.05) is 13.2 Å². The number of piperidine rings is 1. The van der Waals surface area contributed by atoms with Crippen LogP contribution < -0.4 is 0 Å². The van der Waals surface area contributed by atoms with E-state index in [0.29, 0.717) is 6.10 Å². The SMILES string of the molecule is C[C@@H]1CCC[C@@H](C)N1C[C@@H]1CO1. The van der Waals surface area contributed by atoms with Gasteiger partial charge in [0, 0.05) is 18.6 Å². The van der Waals surface area contributed by atoms with E-state index in [1.54, 1.807) is 0 Å². The summed E-state index contributed by atoms with van der Waals surface area (Å²) in [4.78, 5) is 2.61. The monoisotopic (exact) mass is 169 g/mol. The molecule has 0 aliphatic carbocycles. The lowest BCUT2D eigenvalue weighted by molar-refractivity contribution is 0.0941. The van der Waals surface area contributed by atoms with Gasteiger partial charge in [-0.1, -0.05) is 6.42 Å². The first-order valence-electron chi connectivity index (χ1n) is 5.14. The van der Waals surface area contributed by atoms with Crippen LogP contribution in [0.25, 0.3) is 0 Å². The smallest absolute Gasteiger partial charge is 0.0936 e. The Labute approximate surface area is 74.9 Å². The Balaban J connectivity index is 1.88. The van der Waals surface area contributed by atoms with E-state index in [2.05, 4.69) is 18.7 Å². The number of ether oxygens (including phenoxy) is 1. The minimum Gasteiger partial charge on any atom is -0.372 e. The fraction of sp³-hybridized carbons (Fsp3) is 1.00. The van der Waals surface area contributed by atoms with Crippen LogP contribution in [0.4, 0.5) is 0 Å². The fourth-order valence-electron chi connectivity index (χ4n) is 2.24. The first-order valence-corrected chi connectivity index (χ1v) is 5.14. The highest BCUT2D eigenvalue weighted by Crippen LogP contribution is 2.24. The second kappa shape index (κ2) is 3.35. The van der Waals surface area contributed by atoms with Crippen LogP contribution in [-0.4, -0.2) is 36.2 Å².